The maximum atomic E-state index is 13.3. The van der Waals surface area contributed by atoms with Gasteiger partial charge in [0.1, 0.15) is 11.5 Å². The lowest BCUT2D eigenvalue weighted by atomic mass is 9.95. The number of hydrogen-bond acceptors (Lipinski definition) is 6. The van der Waals surface area contributed by atoms with Gasteiger partial charge in [-0.3, -0.25) is 19.7 Å². The zero-order valence-corrected chi connectivity index (χ0v) is 22.0. The molecule has 1 atom stereocenters. The number of aromatic nitrogens is 1. The number of Topliss-reactive ketones (excluding diaryl/α,β-unsaturated/α-hetero) is 1. The lowest BCUT2D eigenvalue weighted by Crippen LogP contribution is -2.31. The van der Waals surface area contributed by atoms with E-state index < -0.39 is 28.4 Å². The van der Waals surface area contributed by atoms with Gasteiger partial charge in [-0.15, -0.1) is 0 Å². The number of amides is 1. The van der Waals surface area contributed by atoms with Crippen molar-refractivity contribution in [2.45, 2.75) is 12.5 Å². The fourth-order valence-electron chi connectivity index (χ4n) is 4.81. The number of benzene rings is 3. The Bertz CT molecular complexity index is 1680. The van der Waals surface area contributed by atoms with Gasteiger partial charge in [0.15, 0.2) is 0 Å². The normalized spacial score (nSPS) is 16.7. The number of carbonyl (C=O) groups is 2. The molecule has 198 valence electrons. The van der Waals surface area contributed by atoms with Crippen molar-refractivity contribution >= 4 is 57.2 Å². The highest BCUT2D eigenvalue weighted by atomic mass is 35.5. The van der Waals surface area contributed by atoms with Crippen molar-refractivity contribution in [3.8, 4) is 5.75 Å². The molecular weight excluding hydrogens is 545 g/mol. The van der Waals surface area contributed by atoms with Gasteiger partial charge in [-0.25, -0.2) is 0 Å². The Morgan fingerprint density at radius 3 is 2.64 bits per heavy atom. The summed E-state index contributed by atoms with van der Waals surface area (Å²) in [7, 11) is 1.57. The number of nitrogens with one attached hydrogen (secondary N) is 1. The molecule has 1 saturated heterocycles. The molecule has 4 aromatic rings. The summed E-state index contributed by atoms with van der Waals surface area (Å²) in [6.07, 6.45) is 2.20. The summed E-state index contributed by atoms with van der Waals surface area (Å²) < 4.78 is 5.33. The Balaban J connectivity index is 1.59. The topological polar surface area (TPSA) is 126 Å². The fourth-order valence-corrected chi connectivity index (χ4v) is 5.32. The molecule has 2 N–H and O–H groups in total. The maximum Gasteiger partial charge on any atom is 0.295 e. The molecule has 11 heteroatoms. The van der Waals surface area contributed by atoms with Gasteiger partial charge in [0.05, 0.1) is 23.6 Å². The lowest BCUT2D eigenvalue weighted by Gasteiger charge is -2.26. The molecule has 39 heavy (non-hydrogen) atoms. The lowest BCUT2D eigenvalue weighted by molar-refractivity contribution is -0.384. The van der Waals surface area contributed by atoms with Crippen LogP contribution in [0.4, 0.5) is 5.69 Å². The molecule has 9 nitrogen and oxygen atoms in total. The third-order valence-electron chi connectivity index (χ3n) is 6.72. The molecule has 1 aromatic heterocycles. The number of aromatic amines is 1. The molecule has 1 fully saturated rings. The van der Waals surface area contributed by atoms with Gasteiger partial charge in [-0.1, -0.05) is 41.4 Å². The van der Waals surface area contributed by atoms with Gasteiger partial charge >= 0.3 is 0 Å². The average molecular weight is 566 g/mol. The third-order valence-corrected chi connectivity index (χ3v) is 7.29. The highest BCUT2D eigenvalue weighted by Crippen LogP contribution is 2.43. The Labute approximate surface area is 232 Å². The van der Waals surface area contributed by atoms with Crippen LogP contribution in [0.15, 0.2) is 72.4 Å². The van der Waals surface area contributed by atoms with Crippen molar-refractivity contribution in [3.05, 3.63) is 109 Å². The van der Waals surface area contributed by atoms with Gasteiger partial charge in [0.2, 0.25) is 0 Å². The number of fused-ring (bicyclic) bond motifs is 1. The first-order valence-electron chi connectivity index (χ1n) is 11.8. The van der Waals surface area contributed by atoms with Gasteiger partial charge in [0, 0.05) is 51.4 Å². The summed E-state index contributed by atoms with van der Waals surface area (Å²) in [5, 5.41) is 24.0. The van der Waals surface area contributed by atoms with Crippen LogP contribution < -0.4 is 4.74 Å². The summed E-state index contributed by atoms with van der Waals surface area (Å²) in [5.74, 6) is -1.60. The molecule has 1 unspecified atom stereocenters. The number of hydrogen-bond donors (Lipinski definition) is 2. The van der Waals surface area contributed by atoms with Gasteiger partial charge in [-0.05, 0) is 47.9 Å². The second-order valence-electron chi connectivity index (χ2n) is 8.94. The van der Waals surface area contributed by atoms with Gasteiger partial charge < -0.3 is 19.7 Å². The molecule has 0 spiro atoms. The second kappa shape index (κ2) is 10.4. The molecular formula is C28H21Cl2N3O6. The SMILES string of the molecule is COc1ccc2[nH]cc(CCN3C(=O)C(=O)/C(=C(\O)c4cccc([N+](=O)[O-])c4)C3c3ccc(Cl)cc3Cl)c2c1. The number of likely N-dealkylation sites (tertiary alicyclic amines) is 1. The van der Waals surface area contributed by atoms with Crippen LogP contribution in [-0.2, 0) is 16.0 Å². The number of H-pyrrole nitrogens is 1. The van der Waals surface area contributed by atoms with E-state index in [1.54, 1.807) is 19.2 Å². The number of carbonyl (C=O) groups excluding carboxylic acids is 2. The summed E-state index contributed by atoms with van der Waals surface area (Å²) in [6, 6.07) is 14.4. The van der Waals surface area contributed by atoms with E-state index in [1.165, 1.54) is 29.2 Å². The minimum atomic E-state index is -1.05. The van der Waals surface area contributed by atoms with E-state index in [2.05, 4.69) is 4.98 Å². The Morgan fingerprint density at radius 1 is 1.13 bits per heavy atom. The van der Waals surface area contributed by atoms with E-state index in [0.717, 1.165) is 22.5 Å². The fraction of sp³-hybridized carbons (Fsp3) is 0.143. The van der Waals surface area contributed by atoms with E-state index in [4.69, 9.17) is 27.9 Å². The van der Waals surface area contributed by atoms with Crippen LogP contribution in [0.5, 0.6) is 5.75 Å². The molecule has 1 amide bonds. The molecule has 3 aromatic carbocycles. The molecule has 1 aliphatic heterocycles. The minimum Gasteiger partial charge on any atom is -0.507 e. The summed E-state index contributed by atoms with van der Waals surface area (Å²) in [5.41, 5.74) is 1.70. The highest BCUT2D eigenvalue weighted by molar-refractivity contribution is 6.47. The number of methoxy groups -OCH3 is 1. The molecule has 0 radical (unpaired) electrons. The van der Waals surface area contributed by atoms with E-state index in [-0.39, 0.29) is 28.4 Å². The van der Waals surface area contributed by atoms with Gasteiger partial charge in [-0.2, -0.15) is 0 Å². The summed E-state index contributed by atoms with van der Waals surface area (Å²) in [6.45, 7) is 0.115. The van der Waals surface area contributed by atoms with Crippen molar-refractivity contribution in [1.29, 1.82) is 0 Å². The predicted octanol–water partition coefficient (Wildman–Crippen LogP) is 6.06. The molecule has 1 aliphatic rings. The number of aliphatic hydroxyl groups excluding tert-OH is 1. The first-order chi connectivity index (χ1) is 18.7. The predicted molar refractivity (Wildman–Crippen MR) is 147 cm³/mol. The van der Waals surface area contributed by atoms with E-state index in [1.807, 2.05) is 24.4 Å². The number of rotatable bonds is 7. The van der Waals surface area contributed by atoms with E-state index in [9.17, 15) is 24.8 Å². The Hall–Kier alpha value is -4.34. The maximum absolute atomic E-state index is 13.3. The van der Waals surface area contributed by atoms with Crippen molar-refractivity contribution in [2.75, 3.05) is 13.7 Å². The zero-order valence-electron chi connectivity index (χ0n) is 20.5. The van der Waals surface area contributed by atoms with Gasteiger partial charge in [0.25, 0.3) is 17.4 Å². The molecule has 0 bridgehead atoms. The second-order valence-corrected chi connectivity index (χ2v) is 9.78. The Morgan fingerprint density at radius 2 is 1.92 bits per heavy atom. The van der Waals surface area contributed by atoms with Crippen LogP contribution >= 0.6 is 23.2 Å². The first kappa shape index (κ1) is 26.3. The van der Waals surface area contributed by atoms with Crippen molar-refractivity contribution in [2.24, 2.45) is 0 Å². The van der Waals surface area contributed by atoms with Crippen molar-refractivity contribution in [3.63, 3.8) is 0 Å². The average Bonchev–Trinajstić information content (AvgIpc) is 3.44. The molecule has 2 heterocycles. The molecule has 5 rings (SSSR count). The van der Waals surface area contributed by atoms with Crippen molar-refractivity contribution < 1.29 is 24.4 Å². The summed E-state index contributed by atoms with van der Waals surface area (Å²) >= 11 is 12.6. The summed E-state index contributed by atoms with van der Waals surface area (Å²) in [4.78, 5) is 41.9. The molecule has 0 aliphatic carbocycles. The van der Waals surface area contributed by atoms with Crippen LogP contribution in [0.2, 0.25) is 10.0 Å². The number of ketones is 1. The smallest absolute Gasteiger partial charge is 0.295 e. The molecule has 0 saturated carbocycles. The van der Waals surface area contributed by atoms with E-state index >= 15 is 0 Å². The first-order valence-corrected chi connectivity index (χ1v) is 12.6. The number of aliphatic hydroxyl groups is 1. The number of nitrogens with zero attached hydrogens (tertiary/aromatic N) is 2. The Kier molecular flexibility index (Phi) is 7.03. The number of nitro benzene ring substituents is 1. The monoisotopic (exact) mass is 565 g/mol. The van der Waals surface area contributed by atoms with Crippen molar-refractivity contribution in [1.82, 2.24) is 9.88 Å². The quantitative estimate of drug-likeness (QED) is 0.0922. The number of ether oxygens (including phenoxy) is 1. The number of halogens is 2. The van der Waals surface area contributed by atoms with Crippen LogP contribution in [-0.4, -0.2) is 45.3 Å². The van der Waals surface area contributed by atoms with Crippen LogP contribution in [0.3, 0.4) is 0 Å². The minimum absolute atomic E-state index is 0.0287. The van der Waals surface area contributed by atoms with Crippen LogP contribution in [0.25, 0.3) is 16.7 Å². The third kappa shape index (κ3) is 4.82. The largest absolute Gasteiger partial charge is 0.507 e. The highest BCUT2D eigenvalue weighted by Gasteiger charge is 2.46. The van der Waals surface area contributed by atoms with Crippen LogP contribution in [0.1, 0.15) is 22.7 Å². The zero-order chi connectivity index (χ0) is 27.8. The number of nitro groups is 1. The standard InChI is InChI=1S/C28H21Cl2N3O6/c1-39-19-6-8-23-21(13-19)16(14-31-23)9-10-32-25(20-7-5-17(29)12-22(20)30)24(27(35)28(32)36)26(34)15-3-2-4-18(11-15)33(37)38/h2-8,11-14,25,31,34H,9-10H2,1H3/b26-24-. The van der Waals surface area contributed by atoms with Crippen LogP contribution in [0, 0.1) is 10.1 Å². The van der Waals surface area contributed by atoms with E-state index in [0.29, 0.717) is 22.8 Å². The number of non-ortho nitro benzene ring substituents is 1.